The number of aliphatic carboxylic acids is 1. The molecule has 0 amide bonds. The molecule has 2 aromatic heterocycles. The fraction of sp³-hybridized carbons (Fsp3) is 0.480. The summed E-state index contributed by atoms with van der Waals surface area (Å²) in [5.41, 5.74) is 3.39. The van der Waals surface area contributed by atoms with Crippen molar-refractivity contribution in [3.63, 3.8) is 0 Å². The highest BCUT2D eigenvalue weighted by Gasteiger charge is 2.20. The number of hydrogen-bond acceptors (Lipinski definition) is 6. The highest BCUT2D eigenvalue weighted by Crippen LogP contribution is 2.30. The van der Waals surface area contributed by atoms with Gasteiger partial charge in [-0.05, 0) is 50.8 Å². The number of hydrogen-bond donors (Lipinski definition) is 2. The maximum Gasteiger partial charge on any atom is 0.320 e. The van der Waals surface area contributed by atoms with Crippen molar-refractivity contribution in [2.24, 2.45) is 13.0 Å². The molecule has 1 atom stereocenters. The molecule has 1 aliphatic heterocycles. The van der Waals surface area contributed by atoms with Gasteiger partial charge in [0.15, 0.2) is 0 Å². The molecular weight excluding hydrogens is 436 g/mol. The number of imidazole rings is 1. The Balaban J connectivity index is 1.63. The zero-order valence-electron chi connectivity index (χ0n) is 19.9. The number of nitrogens with one attached hydrogen (secondary N) is 1. The number of carboxylic acid groups (broad SMARTS) is 1. The first-order chi connectivity index (χ1) is 16.3. The smallest absolute Gasteiger partial charge is 0.320 e. The van der Waals surface area contributed by atoms with E-state index in [-0.39, 0.29) is 5.56 Å². The van der Waals surface area contributed by atoms with E-state index in [1.165, 1.54) is 0 Å². The first kappa shape index (κ1) is 24.0. The molecule has 0 bridgehead atoms. The Hall–Kier alpha value is -3.17. The number of nitrogens with zero attached hydrogens (tertiary/aromatic N) is 3. The number of pyridine rings is 1. The molecule has 4 rings (SSSR count). The summed E-state index contributed by atoms with van der Waals surface area (Å²) < 4.78 is 15.2. The van der Waals surface area contributed by atoms with E-state index in [1.54, 1.807) is 18.5 Å². The number of ether oxygens (including phenoxy) is 2. The first-order valence-electron chi connectivity index (χ1n) is 11.7. The van der Waals surface area contributed by atoms with Crippen LogP contribution in [0.2, 0.25) is 0 Å². The molecule has 0 unspecified atom stereocenters. The molecule has 1 saturated heterocycles. The van der Waals surface area contributed by atoms with Crippen LogP contribution in [0.1, 0.15) is 25.3 Å². The van der Waals surface area contributed by atoms with Gasteiger partial charge in [-0.2, -0.15) is 0 Å². The van der Waals surface area contributed by atoms with Crippen molar-refractivity contribution in [2.45, 2.75) is 39.3 Å². The second-order valence-corrected chi connectivity index (χ2v) is 8.94. The van der Waals surface area contributed by atoms with Gasteiger partial charge in [0.25, 0.3) is 5.56 Å². The zero-order chi connectivity index (χ0) is 24.2. The standard InChI is InChI=1S/C25H32N4O5/c1-16-12-19(15-28(3)24(16)30)23-27-21-13-20(34-11-8-26-17(2)25(31)32)4-5-22(21)29(23)14-18-6-9-33-10-7-18/h4-5,12-13,15,17-18,26H,6-11,14H2,1-3H3,(H,31,32)/t17-/m0/s1. The molecule has 0 spiro atoms. The molecule has 0 saturated carbocycles. The van der Waals surface area contributed by atoms with Crippen LogP contribution in [0.5, 0.6) is 5.75 Å². The van der Waals surface area contributed by atoms with Crippen LogP contribution in [-0.4, -0.2) is 57.6 Å². The molecule has 3 aromatic rings. The normalized spacial score (nSPS) is 15.5. The fourth-order valence-corrected chi connectivity index (χ4v) is 4.32. The van der Waals surface area contributed by atoms with Crippen LogP contribution in [0.3, 0.4) is 0 Å². The zero-order valence-corrected chi connectivity index (χ0v) is 19.9. The van der Waals surface area contributed by atoms with Gasteiger partial charge in [0, 0.05) is 56.7 Å². The van der Waals surface area contributed by atoms with Crippen LogP contribution in [0.15, 0.2) is 35.3 Å². The molecule has 2 N–H and O–H groups in total. The minimum Gasteiger partial charge on any atom is -0.492 e. The predicted octanol–water partition coefficient (Wildman–Crippen LogP) is 2.58. The molecular formula is C25H32N4O5. The van der Waals surface area contributed by atoms with Gasteiger partial charge in [-0.15, -0.1) is 0 Å². The summed E-state index contributed by atoms with van der Waals surface area (Å²) >= 11 is 0. The summed E-state index contributed by atoms with van der Waals surface area (Å²) in [7, 11) is 1.76. The summed E-state index contributed by atoms with van der Waals surface area (Å²) in [6.45, 7) is 6.57. The summed E-state index contributed by atoms with van der Waals surface area (Å²) in [5.74, 6) is 1.11. The molecule has 182 valence electrons. The lowest BCUT2D eigenvalue weighted by Crippen LogP contribution is -2.36. The van der Waals surface area contributed by atoms with Crippen molar-refractivity contribution in [1.82, 2.24) is 19.4 Å². The van der Waals surface area contributed by atoms with Crippen LogP contribution in [0.25, 0.3) is 22.4 Å². The van der Waals surface area contributed by atoms with E-state index in [4.69, 9.17) is 19.6 Å². The van der Waals surface area contributed by atoms with Gasteiger partial charge < -0.3 is 29.0 Å². The molecule has 3 heterocycles. The van der Waals surface area contributed by atoms with Crippen molar-refractivity contribution in [2.75, 3.05) is 26.4 Å². The molecule has 9 nitrogen and oxygen atoms in total. The first-order valence-corrected chi connectivity index (χ1v) is 11.7. The van der Waals surface area contributed by atoms with Crippen LogP contribution in [0.4, 0.5) is 0 Å². The van der Waals surface area contributed by atoms with E-state index >= 15 is 0 Å². The second kappa shape index (κ2) is 10.4. The third-order valence-corrected chi connectivity index (χ3v) is 6.31. The average molecular weight is 469 g/mol. The van der Waals surface area contributed by atoms with Crippen LogP contribution in [0, 0.1) is 12.8 Å². The van der Waals surface area contributed by atoms with Crippen LogP contribution < -0.4 is 15.6 Å². The van der Waals surface area contributed by atoms with Crippen molar-refractivity contribution in [1.29, 1.82) is 0 Å². The maximum absolute atomic E-state index is 12.2. The van der Waals surface area contributed by atoms with Gasteiger partial charge in [-0.1, -0.05) is 0 Å². The fourth-order valence-electron chi connectivity index (χ4n) is 4.32. The molecule has 0 aliphatic carbocycles. The monoisotopic (exact) mass is 468 g/mol. The van der Waals surface area contributed by atoms with Crippen molar-refractivity contribution in [3.05, 3.63) is 46.4 Å². The lowest BCUT2D eigenvalue weighted by Gasteiger charge is -2.23. The van der Waals surface area contributed by atoms with Crippen LogP contribution >= 0.6 is 0 Å². The van der Waals surface area contributed by atoms with Gasteiger partial charge in [0.1, 0.15) is 24.2 Å². The lowest BCUT2D eigenvalue weighted by molar-refractivity contribution is -0.139. The van der Waals surface area contributed by atoms with E-state index in [0.29, 0.717) is 30.4 Å². The molecule has 0 radical (unpaired) electrons. The van der Waals surface area contributed by atoms with E-state index in [0.717, 1.165) is 55.0 Å². The van der Waals surface area contributed by atoms with E-state index in [1.807, 2.05) is 37.4 Å². The van der Waals surface area contributed by atoms with Gasteiger partial charge in [-0.3, -0.25) is 9.59 Å². The Bertz CT molecular complexity index is 1200. The van der Waals surface area contributed by atoms with Crippen molar-refractivity contribution in [3.8, 4) is 17.1 Å². The molecule has 1 aromatic carbocycles. The SMILES string of the molecule is Cc1cc(-c2nc3cc(OCCN[C@@H](C)C(=O)O)ccc3n2CC2CCOCC2)cn(C)c1=O. The number of benzene rings is 1. The molecule has 9 heteroatoms. The summed E-state index contributed by atoms with van der Waals surface area (Å²) in [4.78, 5) is 28.1. The van der Waals surface area contributed by atoms with Gasteiger partial charge in [0.2, 0.25) is 0 Å². The van der Waals surface area contributed by atoms with Gasteiger partial charge in [0.05, 0.1) is 11.0 Å². The largest absolute Gasteiger partial charge is 0.492 e. The van der Waals surface area contributed by atoms with E-state index in [2.05, 4.69) is 9.88 Å². The predicted molar refractivity (Wildman–Crippen MR) is 129 cm³/mol. The van der Waals surface area contributed by atoms with Gasteiger partial charge in [-0.25, -0.2) is 4.98 Å². The van der Waals surface area contributed by atoms with E-state index < -0.39 is 12.0 Å². The highest BCUT2D eigenvalue weighted by molar-refractivity contribution is 5.82. The summed E-state index contributed by atoms with van der Waals surface area (Å²) in [6, 6.07) is 7.12. The number of aromatic nitrogens is 3. The average Bonchev–Trinajstić information content (AvgIpc) is 3.18. The molecule has 1 fully saturated rings. The number of carboxylic acids is 1. The number of rotatable bonds is 9. The molecule has 34 heavy (non-hydrogen) atoms. The third kappa shape index (κ3) is 5.31. The van der Waals surface area contributed by atoms with Crippen LogP contribution in [-0.2, 0) is 23.1 Å². The topological polar surface area (TPSA) is 108 Å². The number of carbonyl (C=O) groups is 1. The summed E-state index contributed by atoms with van der Waals surface area (Å²) in [6.07, 6.45) is 3.85. The Morgan fingerprint density at radius 3 is 2.79 bits per heavy atom. The Morgan fingerprint density at radius 2 is 2.09 bits per heavy atom. The maximum atomic E-state index is 12.2. The van der Waals surface area contributed by atoms with Gasteiger partial charge >= 0.3 is 5.97 Å². The minimum absolute atomic E-state index is 0.0163. The van der Waals surface area contributed by atoms with Crippen molar-refractivity contribution < 1.29 is 19.4 Å². The highest BCUT2D eigenvalue weighted by atomic mass is 16.5. The second-order valence-electron chi connectivity index (χ2n) is 8.94. The Kier molecular flexibility index (Phi) is 7.33. The van der Waals surface area contributed by atoms with Crippen molar-refractivity contribution >= 4 is 17.0 Å². The van der Waals surface area contributed by atoms with E-state index in [9.17, 15) is 9.59 Å². The molecule has 1 aliphatic rings. The quantitative estimate of drug-likeness (QED) is 0.465. The minimum atomic E-state index is -0.891. The number of fused-ring (bicyclic) bond motifs is 1. The Morgan fingerprint density at radius 1 is 1.32 bits per heavy atom. The third-order valence-electron chi connectivity index (χ3n) is 6.31. The Labute approximate surface area is 198 Å². The number of aryl methyl sites for hydroxylation is 2. The summed E-state index contributed by atoms with van der Waals surface area (Å²) in [5, 5.41) is 11.9. The lowest BCUT2D eigenvalue weighted by atomic mass is 10.00.